The second-order valence-electron chi connectivity index (χ2n) is 4.11. The maximum Gasteiger partial charge on any atom is 0.265 e. The van der Waals surface area contributed by atoms with Gasteiger partial charge in [-0.2, -0.15) is 0 Å². The predicted octanol–water partition coefficient (Wildman–Crippen LogP) is -0.0881. The van der Waals surface area contributed by atoms with Crippen molar-refractivity contribution in [2.24, 2.45) is 0 Å². The molecule has 2 heterocycles. The predicted molar refractivity (Wildman–Crippen MR) is 72.0 cm³/mol. The fraction of sp³-hybridized carbons (Fsp3) is 0.583. The molecule has 0 saturated carbocycles. The van der Waals surface area contributed by atoms with E-state index < -0.39 is 0 Å². The lowest BCUT2D eigenvalue weighted by Gasteiger charge is -2.24. The molecule has 1 aromatic heterocycles. The third kappa shape index (κ3) is 4.28. The molecule has 1 N–H and O–H groups in total. The van der Waals surface area contributed by atoms with Crippen molar-refractivity contribution in [1.82, 2.24) is 19.8 Å². The Morgan fingerprint density at radius 1 is 1.47 bits per heavy atom. The van der Waals surface area contributed by atoms with Gasteiger partial charge < -0.3 is 10.1 Å². The smallest absolute Gasteiger partial charge is 0.265 e. The van der Waals surface area contributed by atoms with Gasteiger partial charge in [-0.3, -0.25) is 9.69 Å². The standard InChI is InChI=1S/C12H16N4O2S/c1-10-11(19-15-14-10)12(17)13-4-2-3-5-16-6-8-18-9-7-16/h4-9H2,1H3,(H,13,17). The Morgan fingerprint density at radius 3 is 2.95 bits per heavy atom. The van der Waals surface area contributed by atoms with Crippen molar-refractivity contribution in [3.63, 3.8) is 0 Å². The number of hydrogen-bond acceptors (Lipinski definition) is 6. The lowest BCUT2D eigenvalue weighted by molar-refractivity contribution is 0.0443. The molecule has 7 heteroatoms. The van der Waals surface area contributed by atoms with E-state index in [0.717, 1.165) is 44.4 Å². The molecule has 1 saturated heterocycles. The van der Waals surface area contributed by atoms with Crippen LogP contribution in [0, 0.1) is 18.8 Å². The molecule has 102 valence electrons. The van der Waals surface area contributed by atoms with Crippen LogP contribution in [0.5, 0.6) is 0 Å². The van der Waals surface area contributed by atoms with Crippen LogP contribution in [0.15, 0.2) is 0 Å². The number of carbonyl (C=O) groups excluding carboxylic acids is 1. The Kier molecular flexibility index (Phi) is 5.27. The Morgan fingerprint density at radius 2 is 2.26 bits per heavy atom. The van der Waals surface area contributed by atoms with E-state index in [1.807, 2.05) is 0 Å². The summed E-state index contributed by atoms with van der Waals surface area (Å²) in [6, 6.07) is 0. The third-order valence-electron chi connectivity index (χ3n) is 2.73. The van der Waals surface area contributed by atoms with Gasteiger partial charge in [0.15, 0.2) is 0 Å². The minimum atomic E-state index is -0.159. The molecule has 0 atom stereocenters. The number of rotatable bonds is 3. The van der Waals surface area contributed by atoms with Crippen molar-refractivity contribution in [3.05, 3.63) is 10.6 Å². The SMILES string of the molecule is Cc1nnsc1C(=O)NCC#CCN1CCOCC1. The summed E-state index contributed by atoms with van der Waals surface area (Å²) in [5.74, 6) is 5.83. The fourth-order valence-corrected chi connectivity index (χ4v) is 2.21. The van der Waals surface area contributed by atoms with Gasteiger partial charge in [0.05, 0.1) is 32.0 Å². The summed E-state index contributed by atoms with van der Waals surface area (Å²) in [4.78, 5) is 14.5. The monoisotopic (exact) mass is 280 g/mol. The molecule has 0 aromatic carbocycles. The molecule has 0 aliphatic carbocycles. The van der Waals surface area contributed by atoms with Gasteiger partial charge in [0.25, 0.3) is 5.91 Å². The highest BCUT2D eigenvalue weighted by Gasteiger charge is 2.11. The van der Waals surface area contributed by atoms with E-state index in [1.165, 1.54) is 0 Å². The minimum absolute atomic E-state index is 0.159. The van der Waals surface area contributed by atoms with E-state index in [9.17, 15) is 4.79 Å². The third-order valence-corrected chi connectivity index (χ3v) is 3.55. The molecule has 0 radical (unpaired) electrons. The van der Waals surface area contributed by atoms with Crippen molar-refractivity contribution >= 4 is 17.4 Å². The fourth-order valence-electron chi connectivity index (χ4n) is 1.63. The Bertz CT molecular complexity index is 485. The van der Waals surface area contributed by atoms with Gasteiger partial charge in [-0.1, -0.05) is 16.3 Å². The van der Waals surface area contributed by atoms with Crippen molar-refractivity contribution < 1.29 is 9.53 Å². The van der Waals surface area contributed by atoms with Crippen LogP contribution >= 0.6 is 11.5 Å². The molecule has 0 bridgehead atoms. The highest BCUT2D eigenvalue weighted by atomic mass is 32.1. The van der Waals surface area contributed by atoms with Gasteiger partial charge in [-0.15, -0.1) is 5.10 Å². The number of hydrogen-bond donors (Lipinski definition) is 1. The molecule has 1 amide bonds. The molecule has 0 spiro atoms. The van der Waals surface area contributed by atoms with Crippen molar-refractivity contribution in [2.45, 2.75) is 6.92 Å². The molecule has 19 heavy (non-hydrogen) atoms. The lowest BCUT2D eigenvalue weighted by Crippen LogP contribution is -2.36. The van der Waals surface area contributed by atoms with Crippen LogP contribution in [-0.2, 0) is 4.74 Å². The summed E-state index contributed by atoms with van der Waals surface area (Å²) in [5, 5.41) is 6.53. The van der Waals surface area contributed by atoms with Gasteiger partial charge in [0.2, 0.25) is 0 Å². The number of carbonyl (C=O) groups is 1. The topological polar surface area (TPSA) is 67.4 Å². The first-order valence-corrected chi connectivity index (χ1v) is 6.87. The first-order chi connectivity index (χ1) is 9.27. The van der Waals surface area contributed by atoms with Crippen LogP contribution < -0.4 is 5.32 Å². The van der Waals surface area contributed by atoms with E-state index in [4.69, 9.17) is 4.74 Å². The van der Waals surface area contributed by atoms with Crippen LogP contribution in [-0.4, -0.2) is 59.8 Å². The Hall–Kier alpha value is -1.49. The molecule has 1 fully saturated rings. The molecule has 0 unspecified atom stereocenters. The molecule has 6 nitrogen and oxygen atoms in total. The van der Waals surface area contributed by atoms with Crippen LogP contribution in [0.2, 0.25) is 0 Å². The minimum Gasteiger partial charge on any atom is -0.379 e. The van der Waals surface area contributed by atoms with Crippen LogP contribution in [0.3, 0.4) is 0 Å². The zero-order valence-corrected chi connectivity index (χ0v) is 11.6. The van der Waals surface area contributed by atoms with Crippen molar-refractivity contribution in [3.8, 4) is 11.8 Å². The average Bonchev–Trinajstić information content (AvgIpc) is 2.86. The largest absolute Gasteiger partial charge is 0.379 e. The number of amides is 1. The van der Waals surface area contributed by atoms with E-state index in [-0.39, 0.29) is 5.91 Å². The second kappa shape index (κ2) is 7.19. The summed E-state index contributed by atoms with van der Waals surface area (Å²) < 4.78 is 8.98. The number of morpholine rings is 1. The summed E-state index contributed by atoms with van der Waals surface area (Å²) >= 11 is 1.10. The maximum absolute atomic E-state index is 11.7. The zero-order chi connectivity index (χ0) is 13.5. The number of aryl methyl sites for hydroxylation is 1. The lowest BCUT2D eigenvalue weighted by atomic mass is 10.3. The Labute approximate surface area is 116 Å². The summed E-state index contributed by atoms with van der Waals surface area (Å²) in [6.45, 7) is 6.23. The van der Waals surface area contributed by atoms with Crippen LogP contribution in [0.25, 0.3) is 0 Å². The van der Waals surface area contributed by atoms with Gasteiger partial charge in [-0.05, 0) is 18.5 Å². The summed E-state index contributed by atoms with van der Waals surface area (Å²) in [6.07, 6.45) is 0. The molecule has 1 aliphatic rings. The van der Waals surface area contributed by atoms with E-state index in [2.05, 4.69) is 31.6 Å². The second-order valence-corrected chi connectivity index (χ2v) is 4.87. The van der Waals surface area contributed by atoms with Crippen LogP contribution in [0.1, 0.15) is 15.4 Å². The number of ether oxygens (including phenoxy) is 1. The normalized spacial score (nSPS) is 15.6. The first kappa shape index (κ1) is 13.9. The molecule has 1 aliphatic heterocycles. The van der Waals surface area contributed by atoms with E-state index >= 15 is 0 Å². The van der Waals surface area contributed by atoms with E-state index in [0.29, 0.717) is 17.1 Å². The van der Waals surface area contributed by atoms with Crippen molar-refractivity contribution in [1.29, 1.82) is 0 Å². The number of nitrogens with zero attached hydrogens (tertiary/aromatic N) is 3. The first-order valence-electron chi connectivity index (χ1n) is 6.10. The van der Waals surface area contributed by atoms with E-state index in [1.54, 1.807) is 6.92 Å². The van der Waals surface area contributed by atoms with Crippen molar-refractivity contribution in [2.75, 3.05) is 39.4 Å². The maximum atomic E-state index is 11.7. The summed E-state index contributed by atoms with van der Waals surface area (Å²) in [7, 11) is 0. The molecule has 2 rings (SSSR count). The number of nitrogens with one attached hydrogen (secondary N) is 1. The highest BCUT2D eigenvalue weighted by molar-refractivity contribution is 7.07. The molecule has 1 aromatic rings. The highest BCUT2D eigenvalue weighted by Crippen LogP contribution is 2.07. The average molecular weight is 280 g/mol. The van der Waals surface area contributed by atoms with Gasteiger partial charge in [0, 0.05) is 13.1 Å². The summed E-state index contributed by atoms with van der Waals surface area (Å²) in [5.41, 5.74) is 0.656. The van der Waals surface area contributed by atoms with Gasteiger partial charge in [-0.25, -0.2) is 0 Å². The van der Waals surface area contributed by atoms with Gasteiger partial charge in [0.1, 0.15) is 4.88 Å². The zero-order valence-electron chi connectivity index (χ0n) is 10.8. The molecular weight excluding hydrogens is 264 g/mol. The Balaban J connectivity index is 1.69. The van der Waals surface area contributed by atoms with Crippen LogP contribution in [0.4, 0.5) is 0 Å². The van der Waals surface area contributed by atoms with Gasteiger partial charge >= 0.3 is 0 Å². The quantitative estimate of drug-likeness (QED) is 0.784. The number of aromatic nitrogens is 2. The molecular formula is C12H16N4O2S.